The van der Waals surface area contributed by atoms with Crippen molar-refractivity contribution >= 4 is 18.0 Å². The van der Waals surface area contributed by atoms with E-state index in [4.69, 9.17) is 14.6 Å². The Morgan fingerprint density at radius 1 is 1.12 bits per heavy atom. The number of carbonyl (C=O) groups is 3. The number of carboxylic acids is 1. The Labute approximate surface area is 198 Å². The van der Waals surface area contributed by atoms with Gasteiger partial charge >= 0.3 is 12.1 Å². The van der Waals surface area contributed by atoms with E-state index in [-0.39, 0.29) is 43.9 Å². The molecule has 1 aliphatic heterocycles. The number of nitrogens with zero attached hydrogens (tertiary/aromatic N) is 1. The summed E-state index contributed by atoms with van der Waals surface area (Å²) in [6.07, 6.45) is -0.390. The van der Waals surface area contributed by atoms with Gasteiger partial charge in [0.25, 0.3) is 0 Å². The van der Waals surface area contributed by atoms with Gasteiger partial charge in [-0.1, -0.05) is 48.5 Å². The Morgan fingerprint density at radius 2 is 1.76 bits per heavy atom. The number of carbonyl (C=O) groups excluding carboxylic acids is 2. The summed E-state index contributed by atoms with van der Waals surface area (Å²) >= 11 is 0. The molecule has 180 valence electrons. The number of alkyl carbamates (subject to hydrolysis) is 1. The second kappa shape index (κ2) is 10.7. The van der Waals surface area contributed by atoms with Crippen molar-refractivity contribution in [3.63, 3.8) is 0 Å². The maximum absolute atomic E-state index is 12.5. The molecule has 1 fully saturated rings. The van der Waals surface area contributed by atoms with Gasteiger partial charge < -0.3 is 24.8 Å². The lowest BCUT2D eigenvalue weighted by Crippen LogP contribution is -2.46. The first-order chi connectivity index (χ1) is 16.4. The highest BCUT2D eigenvalue weighted by atomic mass is 16.5. The van der Waals surface area contributed by atoms with E-state index in [9.17, 15) is 14.4 Å². The van der Waals surface area contributed by atoms with E-state index in [0.717, 1.165) is 11.1 Å². The van der Waals surface area contributed by atoms with Gasteiger partial charge in [-0.15, -0.1) is 0 Å². The molecule has 0 saturated carbocycles. The van der Waals surface area contributed by atoms with Gasteiger partial charge in [-0.2, -0.15) is 0 Å². The fraction of sp³-hybridized carbons (Fsp3) is 0.423. The van der Waals surface area contributed by atoms with E-state index in [2.05, 4.69) is 29.6 Å². The Bertz CT molecular complexity index is 1010. The lowest BCUT2D eigenvalue weighted by molar-refractivity contribution is -0.147. The number of hydrogen-bond acceptors (Lipinski definition) is 5. The second-order valence-electron chi connectivity index (χ2n) is 8.84. The highest BCUT2D eigenvalue weighted by Crippen LogP contribution is 2.44. The van der Waals surface area contributed by atoms with Crippen molar-refractivity contribution in [1.29, 1.82) is 0 Å². The minimum Gasteiger partial charge on any atom is -0.481 e. The summed E-state index contributed by atoms with van der Waals surface area (Å²) < 4.78 is 11.0. The topological polar surface area (TPSA) is 105 Å². The number of aliphatic carboxylic acids is 1. The molecule has 2 aromatic rings. The predicted octanol–water partition coefficient (Wildman–Crippen LogP) is 3.40. The largest absolute Gasteiger partial charge is 0.481 e. The SMILES string of the molecule is CC(CCC(=O)N1CCOC(CC(=O)O)C1)NC(=O)OCC1c2ccccc2-c2ccccc21. The molecule has 34 heavy (non-hydrogen) atoms. The maximum atomic E-state index is 12.5. The van der Waals surface area contributed by atoms with Crippen LogP contribution in [0.1, 0.15) is 43.2 Å². The van der Waals surface area contributed by atoms with Crippen LogP contribution in [-0.2, 0) is 19.1 Å². The first-order valence-corrected chi connectivity index (χ1v) is 11.6. The third-order valence-electron chi connectivity index (χ3n) is 6.39. The number of carboxylic acid groups (broad SMARTS) is 1. The van der Waals surface area contributed by atoms with Crippen LogP contribution in [0.2, 0.25) is 0 Å². The molecule has 2 amide bonds. The summed E-state index contributed by atoms with van der Waals surface area (Å²) in [6.45, 7) is 3.13. The zero-order valence-electron chi connectivity index (χ0n) is 19.2. The summed E-state index contributed by atoms with van der Waals surface area (Å²) in [6, 6.07) is 16.1. The number of amides is 2. The van der Waals surface area contributed by atoms with Crippen molar-refractivity contribution in [3.8, 4) is 11.1 Å². The molecule has 8 nitrogen and oxygen atoms in total. The molecule has 1 aliphatic carbocycles. The van der Waals surface area contributed by atoms with Crippen LogP contribution in [0, 0.1) is 0 Å². The maximum Gasteiger partial charge on any atom is 0.407 e. The number of ether oxygens (including phenoxy) is 2. The van der Waals surface area contributed by atoms with Gasteiger partial charge in [-0.05, 0) is 35.6 Å². The minimum absolute atomic E-state index is 0.00453. The number of nitrogens with one attached hydrogen (secondary N) is 1. The van der Waals surface area contributed by atoms with Crippen molar-refractivity contribution < 1.29 is 29.0 Å². The molecule has 8 heteroatoms. The third-order valence-corrected chi connectivity index (χ3v) is 6.39. The van der Waals surface area contributed by atoms with Crippen LogP contribution in [-0.4, -0.2) is 66.4 Å². The van der Waals surface area contributed by atoms with E-state index in [1.165, 1.54) is 11.1 Å². The van der Waals surface area contributed by atoms with Gasteiger partial charge in [0.1, 0.15) is 6.61 Å². The van der Waals surface area contributed by atoms with Crippen molar-refractivity contribution in [2.75, 3.05) is 26.3 Å². The average molecular weight is 467 g/mol. The molecule has 2 N–H and O–H groups in total. The molecule has 0 aromatic heterocycles. The summed E-state index contributed by atoms with van der Waals surface area (Å²) in [5, 5.41) is 11.7. The Morgan fingerprint density at radius 3 is 2.41 bits per heavy atom. The van der Waals surface area contributed by atoms with Crippen LogP contribution in [0.5, 0.6) is 0 Å². The van der Waals surface area contributed by atoms with E-state index < -0.39 is 18.2 Å². The van der Waals surface area contributed by atoms with Crippen molar-refractivity contribution in [2.45, 2.75) is 44.2 Å². The number of benzene rings is 2. The van der Waals surface area contributed by atoms with E-state index in [0.29, 0.717) is 19.6 Å². The first kappa shape index (κ1) is 23.8. The first-order valence-electron chi connectivity index (χ1n) is 11.6. The molecule has 4 rings (SSSR count). The standard InChI is InChI=1S/C26H30N2O6/c1-17(10-11-24(29)28-12-13-33-18(15-28)14-25(30)31)27-26(32)34-16-23-21-8-4-2-6-19(21)20-7-3-5-9-22(20)23/h2-9,17-18,23H,10-16H2,1H3,(H,27,32)(H,30,31). The highest BCUT2D eigenvalue weighted by molar-refractivity contribution is 5.79. The molecule has 1 saturated heterocycles. The van der Waals surface area contributed by atoms with Gasteiger partial charge in [-0.25, -0.2) is 4.79 Å². The van der Waals surface area contributed by atoms with Gasteiger partial charge in [0.15, 0.2) is 0 Å². The highest BCUT2D eigenvalue weighted by Gasteiger charge is 2.29. The number of hydrogen-bond donors (Lipinski definition) is 2. The lowest BCUT2D eigenvalue weighted by atomic mass is 9.98. The molecule has 2 aromatic carbocycles. The van der Waals surface area contributed by atoms with Gasteiger partial charge in [0, 0.05) is 31.5 Å². The molecule has 2 atom stereocenters. The average Bonchev–Trinajstić information content (AvgIpc) is 3.15. The minimum atomic E-state index is -0.944. The van der Waals surface area contributed by atoms with Gasteiger partial charge in [0.05, 0.1) is 19.1 Å². The molecular formula is C26H30N2O6. The van der Waals surface area contributed by atoms with Crippen LogP contribution < -0.4 is 5.32 Å². The smallest absolute Gasteiger partial charge is 0.407 e. The van der Waals surface area contributed by atoms with Crippen molar-refractivity contribution in [1.82, 2.24) is 10.2 Å². The van der Waals surface area contributed by atoms with E-state index >= 15 is 0 Å². The fourth-order valence-electron chi connectivity index (χ4n) is 4.68. The summed E-state index contributed by atoms with van der Waals surface area (Å²) in [5.74, 6) is -1.02. The van der Waals surface area contributed by atoms with E-state index in [1.54, 1.807) is 4.90 Å². The monoisotopic (exact) mass is 466 g/mol. The molecule has 0 radical (unpaired) electrons. The lowest BCUT2D eigenvalue weighted by Gasteiger charge is -2.32. The van der Waals surface area contributed by atoms with Crippen molar-refractivity contribution in [3.05, 3.63) is 59.7 Å². The van der Waals surface area contributed by atoms with Gasteiger partial charge in [0.2, 0.25) is 5.91 Å². The normalized spacial score (nSPS) is 18.0. The number of rotatable bonds is 8. The van der Waals surface area contributed by atoms with Crippen LogP contribution in [0.15, 0.2) is 48.5 Å². The zero-order chi connectivity index (χ0) is 24.1. The molecular weight excluding hydrogens is 436 g/mol. The molecule has 2 unspecified atom stereocenters. The predicted molar refractivity (Wildman–Crippen MR) is 125 cm³/mol. The van der Waals surface area contributed by atoms with Crippen LogP contribution in [0.25, 0.3) is 11.1 Å². The summed E-state index contributed by atoms with van der Waals surface area (Å²) in [7, 11) is 0. The Kier molecular flexibility index (Phi) is 7.47. The summed E-state index contributed by atoms with van der Waals surface area (Å²) in [5.41, 5.74) is 4.66. The second-order valence-corrected chi connectivity index (χ2v) is 8.84. The van der Waals surface area contributed by atoms with Crippen LogP contribution >= 0.6 is 0 Å². The Balaban J connectivity index is 1.23. The quantitative estimate of drug-likeness (QED) is 0.618. The molecule has 0 spiro atoms. The van der Waals surface area contributed by atoms with Crippen molar-refractivity contribution in [2.24, 2.45) is 0 Å². The van der Waals surface area contributed by atoms with Crippen LogP contribution in [0.3, 0.4) is 0 Å². The zero-order valence-corrected chi connectivity index (χ0v) is 19.2. The van der Waals surface area contributed by atoms with Crippen LogP contribution in [0.4, 0.5) is 4.79 Å². The molecule has 1 heterocycles. The number of morpholine rings is 1. The van der Waals surface area contributed by atoms with Gasteiger partial charge in [-0.3, -0.25) is 9.59 Å². The Hall–Kier alpha value is -3.39. The molecule has 0 bridgehead atoms. The third kappa shape index (κ3) is 5.56. The van der Waals surface area contributed by atoms with E-state index in [1.807, 2.05) is 31.2 Å². The summed E-state index contributed by atoms with van der Waals surface area (Å²) in [4.78, 5) is 37.5. The number of fused-ring (bicyclic) bond motifs is 3. The fourth-order valence-corrected chi connectivity index (χ4v) is 4.68. The molecule has 2 aliphatic rings.